The molecule has 0 bridgehead atoms. The Labute approximate surface area is 70.2 Å². The van der Waals surface area contributed by atoms with Crippen LogP contribution in [0.5, 0.6) is 0 Å². The van der Waals surface area contributed by atoms with Gasteiger partial charge in [-0.25, -0.2) is 0 Å². The lowest BCUT2D eigenvalue weighted by Gasteiger charge is -2.06. The summed E-state index contributed by atoms with van der Waals surface area (Å²) in [6.07, 6.45) is 4.31. The molecule has 0 aliphatic heterocycles. The van der Waals surface area contributed by atoms with Crippen LogP contribution in [-0.4, -0.2) is 17.1 Å². The second-order valence-electron chi connectivity index (χ2n) is 2.41. The average Bonchev–Trinajstić information content (AvgIpc) is 2.56. The number of nitrogens with one attached hydrogen (secondary N) is 1. The summed E-state index contributed by atoms with van der Waals surface area (Å²) in [5.41, 5.74) is 0.420. The molecule has 0 saturated carbocycles. The van der Waals surface area contributed by atoms with Crippen molar-refractivity contribution in [1.82, 2.24) is 10.5 Å². The van der Waals surface area contributed by atoms with Crippen LogP contribution in [0.1, 0.15) is 17.3 Å². The summed E-state index contributed by atoms with van der Waals surface area (Å²) in [5, 5.41) is 6.09. The smallest absolute Gasteiger partial charge is 0.256 e. The minimum Gasteiger partial charge on any atom is -0.364 e. The highest BCUT2D eigenvalue weighted by atomic mass is 16.5. The van der Waals surface area contributed by atoms with Gasteiger partial charge in [-0.05, 0) is 6.92 Å². The highest BCUT2D eigenvalue weighted by Crippen LogP contribution is 1.96. The molecule has 0 fully saturated rings. The molecule has 1 amide bonds. The standard InChI is InChI=1S/C8H10N2O2/c1-3-6(2)10-8(11)7-4-9-12-5-7/h3-6H,1H2,2H3,(H,10,11). The Hall–Kier alpha value is -1.58. The highest BCUT2D eigenvalue weighted by molar-refractivity contribution is 5.93. The zero-order valence-corrected chi connectivity index (χ0v) is 6.78. The van der Waals surface area contributed by atoms with Crippen LogP contribution in [0.3, 0.4) is 0 Å². The van der Waals surface area contributed by atoms with E-state index >= 15 is 0 Å². The molecule has 1 heterocycles. The number of carbonyl (C=O) groups is 1. The van der Waals surface area contributed by atoms with Gasteiger partial charge in [0, 0.05) is 6.04 Å². The van der Waals surface area contributed by atoms with Gasteiger partial charge in [-0.15, -0.1) is 6.58 Å². The van der Waals surface area contributed by atoms with Crippen LogP contribution in [0, 0.1) is 0 Å². The molecule has 0 saturated heterocycles. The summed E-state index contributed by atoms with van der Waals surface area (Å²) in [6.45, 7) is 5.37. The highest BCUT2D eigenvalue weighted by Gasteiger charge is 2.08. The van der Waals surface area contributed by atoms with Crippen molar-refractivity contribution in [2.45, 2.75) is 13.0 Å². The van der Waals surface area contributed by atoms with E-state index in [1.807, 2.05) is 6.92 Å². The van der Waals surface area contributed by atoms with Crippen molar-refractivity contribution in [3.8, 4) is 0 Å². The first-order valence-electron chi connectivity index (χ1n) is 3.57. The second-order valence-corrected chi connectivity index (χ2v) is 2.41. The molecular weight excluding hydrogens is 156 g/mol. The molecule has 1 aromatic heterocycles. The van der Waals surface area contributed by atoms with Gasteiger partial charge < -0.3 is 9.84 Å². The Bertz CT molecular complexity index is 267. The van der Waals surface area contributed by atoms with Crippen LogP contribution in [0.2, 0.25) is 0 Å². The molecule has 0 aliphatic rings. The van der Waals surface area contributed by atoms with E-state index < -0.39 is 0 Å². The zero-order chi connectivity index (χ0) is 8.97. The third kappa shape index (κ3) is 1.95. The first-order chi connectivity index (χ1) is 5.74. The minimum atomic E-state index is -0.205. The molecule has 0 aromatic carbocycles. The molecule has 0 aliphatic carbocycles. The number of hydrogen-bond donors (Lipinski definition) is 1. The van der Waals surface area contributed by atoms with Crippen molar-refractivity contribution < 1.29 is 9.32 Å². The predicted octanol–water partition coefficient (Wildman–Crippen LogP) is 0.979. The van der Waals surface area contributed by atoms with Gasteiger partial charge in [0.05, 0.1) is 11.8 Å². The van der Waals surface area contributed by atoms with Gasteiger partial charge in [0.25, 0.3) is 5.91 Å². The first-order valence-corrected chi connectivity index (χ1v) is 3.57. The molecular formula is C8H10N2O2. The third-order valence-corrected chi connectivity index (χ3v) is 1.41. The molecule has 64 valence electrons. The van der Waals surface area contributed by atoms with Gasteiger partial charge in [-0.1, -0.05) is 11.2 Å². The number of nitrogens with zero attached hydrogens (tertiary/aromatic N) is 1. The van der Waals surface area contributed by atoms with Crippen LogP contribution in [0.15, 0.2) is 29.6 Å². The van der Waals surface area contributed by atoms with E-state index in [2.05, 4.69) is 21.6 Å². The Morgan fingerprint density at radius 1 is 1.92 bits per heavy atom. The Morgan fingerprint density at radius 2 is 2.67 bits per heavy atom. The van der Waals surface area contributed by atoms with E-state index in [1.165, 1.54) is 12.5 Å². The molecule has 12 heavy (non-hydrogen) atoms. The molecule has 1 aromatic rings. The van der Waals surface area contributed by atoms with Gasteiger partial charge in [0.15, 0.2) is 0 Å². The first kappa shape index (κ1) is 8.52. The summed E-state index contributed by atoms with van der Waals surface area (Å²) >= 11 is 0. The number of rotatable bonds is 3. The van der Waals surface area contributed by atoms with Crippen molar-refractivity contribution in [3.63, 3.8) is 0 Å². The van der Waals surface area contributed by atoms with E-state index in [0.717, 1.165) is 0 Å². The Balaban J connectivity index is 2.55. The molecule has 0 radical (unpaired) electrons. The van der Waals surface area contributed by atoms with E-state index in [1.54, 1.807) is 6.08 Å². The molecule has 1 atom stereocenters. The largest absolute Gasteiger partial charge is 0.364 e. The monoisotopic (exact) mass is 166 g/mol. The van der Waals surface area contributed by atoms with Gasteiger partial charge in [-0.2, -0.15) is 0 Å². The molecule has 1 unspecified atom stereocenters. The maximum atomic E-state index is 11.2. The molecule has 4 heteroatoms. The van der Waals surface area contributed by atoms with Crippen LogP contribution >= 0.6 is 0 Å². The van der Waals surface area contributed by atoms with Crippen LogP contribution < -0.4 is 5.32 Å². The topological polar surface area (TPSA) is 55.1 Å². The van der Waals surface area contributed by atoms with Gasteiger partial charge in [0.2, 0.25) is 0 Å². The van der Waals surface area contributed by atoms with Crippen LogP contribution in [0.25, 0.3) is 0 Å². The lowest BCUT2D eigenvalue weighted by atomic mass is 10.3. The third-order valence-electron chi connectivity index (χ3n) is 1.41. The van der Waals surface area contributed by atoms with Crippen molar-refractivity contribution in [2.75, 3.05) is 0 Å². The number of amides is 1. The van der Waals surface area contributed by atoms with E-state index in [-0.39, 0.29) is 11.9 Å². The summed E-state index contributed by atoms with van der Waals surface area (Å²) in [5.74, 6) is -0.205. The number of aromatic nitrogens is 1. The van der Waals surface area contributed by atoms with E-state index in [0.29, 0.717) is 5.56 Å². The molecule has 1 rings (SSSR count). The van der Waals surface area contributed by atoms with Crippen LogP contribution in [0.4, 0.5) is 0 Å². The predicted molar refractivity (Wildman–Crippen MR) is 43.6 cm³/mol. The fraction of sp³-hybridized carbons (Fsp3) is 0.250. The summed E-state index contributed by atoms with van der Waals surface area (Å²) in [7, 11) is 0. The molecule has 1 N–H and O–H groups in total. The Morgan fingerprint density at radius 3 is 3.17 bits per heavy atom. The van der Waals surface area contributed by atoms with Crippen molar-refractivity contribution in [3.05, 3.63) is 30.7 Å². The molecule has 0 spiro atoms. The maximum Gasteiger partial charge on any atom is 0.256 e. The second kappa shape index (κ2) is 3.71. The zero-order valence-electron chi connectivity index (χ0n) is 6.78. The van der Waals surface area contributed by atoms with Gasteiger partial charge in [-0.3, -0.25) is 4.79 Å². The molecule has 4 nitrogen and oxygen atoms in total. The SMILES string of the molecule is C=CC(C)NC(=O)c1cnoc1. The Kier molecular flexibility index (Phi) is 2.63. The maximum absolute atomic E-state index is 11.2. The summed E-state index contributed by atoms with van der Waals surface area (Å²) in [6, 6.07) is -0.0487. The fourth-order valence-corrected chi connectivity index (χ4v) is 0.666. The number of carbonyl (C=O) groups excluding carboxylic acids is 1. The van der Waals surface area contributed by atoms with Gasteiger partial charge >= 0.3 is 0 Å². The van der Waals surface area contributed by atoms with Gasteiger partial charge in [0.1, 0.15) is 6.26 Å². The van der Waals surface area contributed by atoms with E-state index in [4.69, 9.17) is 0 Å². The minimum absolute atomic E-state index is 0.0487. The average molecular weight is 166 g/mol. The summed E-state index contributed by atoms with van der Waals surface area (Å²) < 4.78 is 4.51. The van der Waals surface area contributed by atoms with Crippen molar-refractivity contribution in [2.24, 2.45) is 0 Å². The lowest BCUT2D eigenvalue weighted by molar-refractivity contribution is 0.0946. The van der Waals surface area contributed by atoms with Crippen molar-refractivity contribution in [1.29, 1.82) is 0 Å². The van der Waals surface area contributed by atoms with E-state index in [9.17, 15) is 4.79 Å². The quantitative estimate of drug-likeness (QED) is 0.681. The van der Waals surface area contributed by atoms with Crippen LogP contribution in [-0.2, 0) is 0 Å². The number of hydrogen-bond acceptors (Lipinski definition) is 3. The lowest BCUT2D eigenvalue weighted by Crippen LogP contribution is -2.30. The fourth-order valence-electron chi connectivity index (χ4n) is 0.666. The van der Waals surface area contributed by atoms with Crippen molar-refractivity contribution >= 4 is 5.91 Å². The normalized spacial score (nSPS) is 12.1. The summed E-state index contributed by atoms with van der Waals surface area (Å²) in [4.78, 5) is 11.2.